The first-order chi connectivity index (χ1) is 10.9. The van der Waals surface area contributed by atoms with E-state index >= 15 is 0 Å². The Bertz CT molecular complexity index is 640. The molecular formula is C21H22SW. The molecule has 0 saturated heterocycles. The Hall–Kier alpha value is -1.30. The predicted octanol–water partition coefficient (Wildman–Crippen LogP) is 6.04. The molecule has 2 aromatic rings. The van der Waals surface area contributed by atoms with Crippen LogP contribution >= 0.6 is 12.6 Å². The normalized spacial score (nSPS) is 11.0. The second-order valence-electron chi connectivity index (χ2n) is 4.38. The first kappa shape index (κ1) is 21.7. The molecule has 0 N–H and O–H groups in total. The minimum atomic E-state index is 0. The summed E-state index contributed by atoms with van der Waals surface area (Å²) in [7, 11) is 0. The van der Waals surface area contributed by atoms with Gasteiger partial charge in [0, 0.05) is 0 Å². The summed E-state index contributed by atoms with van der Waals surface area (Å²) >= 11 is 3.53. The summed E-state index contributed by atoms with van der Waals surface area (Å²) in [5.74, 6) is 0. The van der Waals surface area contributed by atoms with Gasteiger partial charge in [0.05, 0.1) is 0 Å². The van der Waals surface area contributed by atoms with Crippen molar-refractivity contribution in [2.24, 2.45) is 0 Å². The fourth-order valence-electron chi connectivity index (χ4n) is 2.06. The van der Waals surface area contributed by atoms with Crippen LogP contribution in [0.25, 0.3) is 16.7 Å². The number of allylic oxidation sites excluding steroid dienone is 6. The zero-order valence-electron chi connectivity index (χ0n) is 13.8. The fourth-order valence-corrected chi connectivity index (χ4v) is 2.06. The summed E-state index contributed by atoms with van der Waals surface area (Å²) in [5.41, 5.74) is 4.50. The summed E-state index contributed by atoms with van der Waals surface area (Å²) in [6.45, 7) is 4.01. The third-order valence-electron chi connectivity index (χ3n) is 2.95. The molecule has 0 atom stereocenters. The van der Waals surface area contributed by atoms with Crippen LogP contribution in [0, 0.1) is 12.1 Å². The molecule has 2 rings (SSSR count). The number of hydrogen-bond acceptors (Lipinski definition) is 1. The van der Waals surface area contributed by atoms with E-state index in [1.165, 1.54) is 11.1 Å². The Morgan fingerprint density at radius 2 is 1.70 bits per heavy atom. The molecule has 0 aliphatic heterocycles. The van der Waals surface area contributed by atoms with E-state index < -0.39 is 0 Å². The van der Waals surface area contributed by atoms with Crippen LogP contribution in [0.1, 0.15) is 19.4 Å². The monoisotopic (exact) mass is 490 g/mol. The van der Waals surface area contributed by atoms with E-state index in [1.807, 2.05) is 50.3 Å². The van der Waals surface area contributed by atoms with Gasteiger partial charge in [0.25, 0.3) is 0 Å². The van der Waals surface area contributed by atoms with Crippen molar-refractivity contribution in [2.45, 2.75) is 13.8 Å². The van der Waals surface area contributed by atoms with Crippen molar-refractivity contribution in [2.75, 3.05) is 6.26 Å². The molecule has 0 radical (unpaired) electrons. The van der Waals surface area contributed by atoms with E-state index in [2.05, 4.69) is 61.2 Å². The summed E-state index contributed by atoms with van der Waals surface area (Å²) in [4.78, 5) is 0. The van der Waals surface area contributed by atoms with E-state index in [1.54, 1.807) is 6.26 Å². The number of hydrogen-bond donors (Lipinski definition) is 1. The molecule has 0 aromatic heterocycles. The van der Waals surface area contributed by atoms with Crippen LogP contribution in [0.2, 0.25) is 0 Å². The van der Waals surface area contributed by atoms with Crippen LogP contribution in [-0.2, 0) is 21.1 Å². The molecule has 0 fully saturated rings. The fraction of sp³-hybridized carbons (Fsp3) is 0.143. The largest absolute Gasteiger partial charge is 2.00 e. The first-order valence-electron chi connectivity index (χ1n) is 7.25. The number of benzene rings is 2. The number of rotatable bonds is 4. The number of thiol groups is 1. The van der Waals surface area contributed by atoms with Crippen LogP contribution in [-0.4, -0.2) is 6.26 Å². The first-order valence-corrected chi connectivity index (χ1v) is 8.15. The Kier molecular flexibility index (Phi) is 12.4. The van der Waals surface area contributed by atoms with E-state index in [0.717, 1.165) is 11.1 Å². The molecule has 2 aromatic carbocycles. The van der Waals surface area contributed by atoms with Gasteiger partial charge in [-0.15, -0.1) is 23.8 Å². The molecule has 0 aliphatic carbocycles. The van der Waals surface area contributed by atoms with Crippen molar-refractivity contribution < 1.29 is 21.1 Å². The van der Waals surface area contributed by atoms with Gasteiger partial charge in [0.2, 0.25) is 0 Å². The summed E-state index contributed by atoms with van der Waals surface area (Å²) in [6.07, 6.45) is 13.0. The predicted molar refractivity (Wildman–Crippen MR) is 102 cm³/mol. The maximum atomic E-state index is 3.53. The van der Waals surface area contributed by atoms with Crippen LogP contribution in [0.3, 0.4) is 0 Å². The van der Waals surface area contributed by atoms with Crippen molar-refractivity contribution in [3.63, 3.8) is 0 Å². The SMILES string of the molecule is CS.C\C=C/[C-]=C(\C=C\C)c1[c-]cccc1-c1ccccc1.[W+2]. The van der Waals surface area contributed by atoms with Gasteiger partial charge in [-0.1, -0.05) is 49.7 Å². The second kappa shape index (κ2) is 13.2. The van der Waals surface area contributed by atoms with Gasteiger partial charge < -0.3 is 0 Å². The smallest absolute Gasteiger partial charge is 0.225 e. The minimum Gasteiger partial charge on any atom is -0.225 e. The van der Waals surface area contributed by atoms with Crippen LogP contribution < -0.4 is 0 Å². The van der Waals surface area contributed by atoms with Gasteiger partial charge >= 0.3 is 21.1 Å². The van der Waals surface area contributed by atoms with Crippen LogP contribution in [0.15, 0.2) is 72.8 Å². The molecule has 0 saturated carbocycles. The van der Waals surface area contributed by atoms with Crippen molar-refractivity contribution in [3.8, 4) is 11.1 Å². The maximum Gasteiger partial charge on any atom is 2.00 e. The Morgan fingerprint density at radius 3 is 2.30 bits per heavy atom. The minimum absolute atomic E-state index is 0. The molecule has 0 nitrogen and oxygen atoms in total. The molecule has 23 heavy (non-hydrogen) atoms. The summed E-state index contributed by atoms with van der Waals surface area (Å²) in [6, 6.07) is 19.8. The van der Waals surface area contributed by atoms with E-state index in [-0.39, 0.29) is 21.1 Å². The van der Waals surface area contributed by atoms with Crippen LogP contribution in [0.4, 0.5) is 0 Å². The molecule has 0 aliphatic rings. The van der Waals surface area contributed by atoms with Crippen LogP contribution in [0.5, 0.6) is 0 Å². The van der Waals surface area contributed by atoms with E-state index in [4.69, 9.17) is 0 Å². The van der Waals surface area contributed by atoms with E-state index in [9.17, 15) is 0 Å². The zero-order chi connectivity index (χ0) is 16.2. The Labute approximate surface area is 160 Å². The van der Waals surface area contributed by atoms with Gasteiger partial charge in [-0.05, 0) is 6.26 Å². The molecule has 0 heterocycles. The average Bonchev–Trinajstić information content (AvgIpc) is 2.61. The van der Waals surface area contributed by atoms with Gasteiger partial charge in [-0.2, -0.15) is 49.1 Å². The third-order valence-corrected chi connectivity index (χ3v) is 2.95. The third kappa shape index (κ3) is 6.77. The van der Waals surface area contributed by atoms with Crippen molar-refractivity contribution in [1.82, 2.24) is 0 Å². The molecule has 0 bridgehead atoms. The molecule has 2 heteroatoms. The topological polar surface area (TPSA) is 0 Å². The zero-order valence-corrected chi connectivity index (χ0v) is 17.6. The van der Waals surface area contributed by atoms with Gasteiger partial charge in [0.15, 0.2) is 0 Å². The van der Waals surface area contributed by atoms with Crippen molar-refractivity contribution >= 4 is 18.2 Å². The Balaban J connectivity index is 0.00000155. The second-order valence-corrected chi connectivity index (χ2v) is 4.38. The molecule has 0 spiro atoms. The summed E-state index contributed by atoms with van der Waals surface area (Å²) in [5, 5.41) is 0. The van der Waals surface area contributed by atoms with Gasteiger partial charge in [-0.3, -0.25) is 0 Å². The standard InChI is InChI=1S/C20H18.CH4S.W/c1-3-5-12-17(11-4-2)19-15-9-10-16-20(19)18-13-7-6-8-14-18;1-2;/h3-11,13-14,16H,1-2H3;2H,1H3;/q-2;;+2/b5-3-,11-4+;;. The molecular weight excluding hydrogens is 468 g/mol. The molecule has 118 valence electrons. The van der Waals surface area contributed by atoms with Gasteiger partial charge in [-0.25, -0.2) is 11.1 Å². The Morgan fingerprint density at radius 1 is 1.00 bits per heavy atom. The van der Waals surface area contributed by atoms with Crippen molar-refractivity contribution in [3.05, 3.63) is 90.5 Å². The molecule has 0 amide bonds. The quantitative estimate of drug-likeness (QED) is 0.302. The summed E-state index contributed by atoms with van der Waals surface area (Å²) < 4.78 is 0. The van der Waals surface area contributed by atoms with Crippen molar-refractivity contribution in [1.29, 1.82) is 0 Å². The average molecular weight is 490 g/mol. The van der Waals surface area contributed by atoms with Gasteiger partial charge in [0.1, 0.15) is 0 Å². The maximum absolute atomic E-state index is 3.53. The molecule has 0 unspecified atom stereocenters. The van der Waals surface area contributed by atoms with E-state index in [0.29, 0.717) is 0 Å².